The zero-order chi connectivity index (χ0) is 12.0. The Bertz CT molecular complexity index is 366. The summed E-state index contributed by atoms with van der Waals surface area (Å²) in [6.07, 6.45) is 1.19. The molecule has 1 rings (SSSR count). The minimum atomic E-state index is 0.107. The molecule has 0 aliphatic rings. The number of ether oxygens (including phenoxy) is 1. The number of carbonyl (C=O) groups excluding carboxylic acids is 1. The summed E-state index contributed by atoms with van der Waals surface area (Å²) in [5.74, 6) is 1.39. The minimum Gasteiger partial charge on any atom is -0.494 e. The van der Waals surface area contributed by atoms with Crippen LogP contribution in [-0.4, -0.2) is 18.3 Å². The van der Waals surface area contributed by atoms with Gasteiger partial charge in [0.1, 0.15) is 5.75 Å². The third kappa shape index (κ3) is 3.80. The van der Waals surface area contributed by atoms with Crippen LogP contribution >= 0.6 is 27.5 Å². The van der Waals surface area contributed by atoms with E-state index in [-0.39, 0.29) is 5.78 Å². The number of Topliss-reactive ketones (excluding diaryl/α,β-unsaturated/α-hetero) is 1. The first-order valence-electron chi connectivity index (χ1n) is 5.20. The van der Waals surface area contributed by atoms with Crippen LogP contribution in [0.5, 0.6) is 5.75 Å². The van der Waals surface area contributed by atoms with Crippen LogP contribution in [0, 0.1) is 0 Å². The van der Waals surface area contributed by atoms with Crippen molar-refractivity contribution in [3.05, 3.63) is 28.2 Å². The zero-order valence-corrected chi connectivity index (χ0v) is 11.5. The van der Waals surface area contributed by atoms with E-state index in [9.17, 15) is 4.79 Å². The number of ketones is 1. The summed E-state index contributed by atoms with van der Waals surface area (Å²) >= 11 is 8.93. The lowest BCUT2D eigenvalue weighted by atomic mass is 10.1. The molecule has 0 spiro atoms. The molecule has 0 N–H and O–H groups in total. The molecule has 1 aromatic rings. The van der Waals surface area contributed by atoms with Gasteiger partial charge in [0, 0.05) is 22.3 Å². The maximum absolute atomic E-state index is 11.8. The van der Waals surface area contributed by atoms with Gasteiger partial charge in [-0.25, -0.2) is 0 Å². The summed E-state index contributed by atoms with van der Waals surface area (Å²) in [4.78, 5) is 11.8. The SMILES string of the molecule is CCOc1ccc(C(=O)CCCCl)c(Br)c1. The van der Waals surface area contributed by atoms with E-state index in [1.165, 1.54) is 0 Å². The van der Waals surface area contributed by atoms with Gasteiger partial charge in [0.15, 0.2) is 5.78 Å². The molecule has 4 heteroatoms. The van der Waals surface area contributed by atoms with Crippen molar-refractivity contribution in [2.75, 3.05) is 12.5 Å². The summed E-state index contributed by atoms with van der Waals surface area (Å²) in [6, 6.07) is 5.41. The van der Waals surface area contributed by atoms with Gasteiger partial charge >= 0.3 is 0 Å². The van der Waals surface area contributed by atoms with Crippen molar-refractivity contribution in [2.45, 2.75) is 19.8 Å². The van der Waals surface area contributed by atoms with Crippen LogP contribution in [-0.2, 0) is 0 Å². The van der Waals surface area contributed by atoms with E-state index in [4.69, 9.17) is 16.3 Å². The molecular formula is C12H14BrClO2. The van der Waals surface area contributed by atoms with Crippen molar-refractivity contribution in [1.29, 1.82) is 0 Å². The Kier molecular flexibility index (Phi) is 5.85. The molecule has 0 amide bonds. The van der Waals surface area contributed by atoms with Crippen LogP contribution in [0.15, 0.2) is 22.7 Å². The number of benzene rings is 1. The number of hydrogen-bond donors (Lipinski definition) is 0. The maximum atomic E-state index is 11.8. The molecular weight excluding hydrogens is 291 g/mol. The summed E-state index contributed by atoms with van der Waals surface area (Å²) in [5, 5.41) is 0. The van der Waals surface area contributed by atoms with Crippen molar-refractivity contribution in [1.82, 2.24) is 0 Å². The van der Waals surface area contributed by atoms with Gasteiger partial charge in [-0.05, 0) is 47.5 Å². The lowest BCUT2D eigenvalue weighted by Crippen LogP contribution is -2.01. The van der Waals surface area contributed by atoms with Crippen LogP contribution < -0.4 is 4.74 Å². The topological polar surface area (TPSA) is 26.3 Å². The second kappa shape index (κ2) is 6.92. The molecule has 2 nitrogen and oxygen atoms in total. The molecule has 0 saturated carbocycles. The predicted molar refractivity (Wildman–Crippen MR) is 69.6 cm³/mol. The molecule has 0 aliphatic carbocycles. The third-order valence-electron chi connectivity index (χ3n) is 2.09. The lowest BCUT2D eigenvalue weighted by molar-refractivity contribution is 0.0981. The Morgan fingerprint density at radius 1 is 1.50 bits per heavy atom. The quantitative estimate of drug-likeness (QED) is 0.585. The van der Waals surface area contributed by atoms with E-state index in [1.54, 1.807) is 6.07 Å². The van der Waals surface area contributed by atoms with E-state index in [0.29, 0.717) is 30.9 Å². The molecule has 0 fully saturated rings. The number of alkyl halides is 1. The van der Waals surface area contributed by atoms with Crippen molar-refractivity contribution >= 4 is 33.3 Å². The molecule has 0 radical (unpaired) electrons. The Morgan fingerprint density at radius 2 is 2.25 bits per heavy atom. The molecule has 0 unspecified atom stereocenters. The normalized spacial score (nSPS) is 10.2. The smallest absolute Gasteiger partial charge is 0.164 e. The largest absolute Gasteiger partial charge is 0.494 e. The van der Waals surface area contributed by atoms with E-state index < -0.39 is 0 Å². The highest BCUT2D eigenvalue weighted by molar-refractivity contribution is 9.10. The van der Waals surface area contributed by atoms with E-state index in [0.717, 1.165) is 10.2 Å². The van der Waals surface area contributed by atoms with Crippen LogP contribution in [0.2, 0.25) is 0 Å². The van der Waals surface area contributed by atoms with Crippen LogP contribution in [0.1, 0.15) is 30.1 Å². The van der Waals surface area contributed by atoms with Crippen LogP contribution in [0.4, 0.5) is 0 Å². The fraction of sp³-hybridized carbons (Fsp3) is 0.417. The van der Waals surface area contributed by atoms with Gasteiger partial charge in [0.25, 0.3) is 0 Å². The summed E-state index contributed by atoms with van der Waals surface area (Å²) in [7, 11) is 0. The van der Waals surface area contributed by atoms with Gasteiger partial charge in [-0.2, -0.15) is 0 Å². The first-order valence-corrected chi connectivity index (χ1v) is 6.53. The van der Waals surface area contributed by atoms with Gasteiger partial charge in [0.2, 0.25) is 0 Å². The van der Waals surface area contributed by atoms with Gasteiger partial charge in [-0.1, -0.05) is 0 Å². The second-order valence-electron chi connectivity index (χ2n) is 3.29. The van der Waals surface area contributed by atoms with Gasteiger partial charge in [-0.15, -0.1) is 11.6 Å². The summed E-state index contributed by atoms with van der Waals surface area (Å²) < 4.78 is 6.12. The Morgan fingerprint density at radius 3 is 2.81 bits per heavy atom. The number of carbonyl (C=O) groups is 1. The van der Waals surface area contributed by atoms with Crippen LogP contribution in [0.3, 0.4) is 0 Å². The second-order valence-corrected chi connectivity index (χ2v) is 4.52. The Balaban J connectivity index is 2.77. The molecule has 0 atom stereocenters. The standard InChI is InChI=1S/C12H14BrClO2/c1-2-16-9-5-6-10(11(13)8-9)12(15)4-3-7-14/h5-6,8H,2-4,7H2,1H3. The number of hydrogen-bond acceptors (Lipinski definition) is 2. The molecule has 16 heavy (non-hydrogen) atoms. The average Bonchev–Trinajstić information content (AvgIpc) is 2.26. The van der Waals surface area contributed by atoms with Crippen molar-refractivity contribution in [3.63, 3.8) is 0 Å². The number of halogens is 2. The molecule has 0 aromatic heterocycles. The Hall–Kier alpha value is -0.540. The summed E-state index contributed by atoms with van der Waals surface area (Å²) in [5.41, 5.74) is 0.688. The molecule has 0 aliphatic heterocycles. The highest BCUT2D eigenvalue weighted by Crippen LogP contribution is 2.24. The fourth-order valence-electron chi connectivity index (χ4n) is 1.34. The van der Waals surface area contributed by atoms with Crippen LogP contribution in [0.25, 0.3) is 0 Å². The van der Waals surface area contributed by atoms with E-state index in [2.05, 4.69) is 15.9 Å². The minimum absolute atomic E-state index is 0.107. The van der Waals surface area contributed by atoms with Gasteiger partial charge in [0.05, 0.1) is 6.61 Å². The number of rotatable bonds is 6. The molecule has 0 heterocycles. The van der Waals surface area contributed by atoms with E-state index in [1.807, 2.05) is 19.1 Å². The third-order valence-corrected chi connectivity index (χ3v) is 3.01. The first kappa shape index (κ1) is 13.5. The maximum Gasteiger partial charge on any atom is 0.164 e. The Labute approximate surface area is 109 Å². The van der Waals surface area contributed by atoms with Gasteiger partial charge in [-0.3, -0.25) is 4.79 Å². The fourth-order valence-corrected chi connectivity index (χ4v) is 2.05. The first-order chi connectivity index (χ1) is 7.69. The van der Waals surface area contributed by atoms with Crippen molar-refractivity contribution in [3.8, 4) is 5.75 Å². The van der Waals surface area contributed by atoms with Crippen molar-refractivity contribution in [2.24, 2.45) is 0 Å². The lowest BCUT2D eigenvalue weighted by Gasteiger charge is -2.07. The van der Waals surface area contributed by atoms with Gasteiger partial charge < -0.3 is 4.74 Å². The van der Waals surface area contributed by atoms with Crippen molar-refractivity contribution < 1.29 is 9.53 Å². The molecule has 0 saturated heterocycles. The predicted octanol–water partition coefficient (Wildman–Crippen LogP) is 4.05. The highest BCUT2D eigenvalue weighted by atomic mass is 79.9. The van der Waals surface area contributed by atoms with E-state index >= 15 is 0 Å². The molecule has 88 valence electrons. The molecule has 1 aromatic carbocycles. The highest BCUT2D eigenvalue weighted by Gasteiger charge is 2.10. The average molecular weight is 306 g/mol. The summed E-state index contributed by atoms with van der Waals surface area (Å²) in [6.45, 7) is 2.54. The molecule has 0 bridgehead atoms. The monoisotopic (exact) mass is 304 g/mol. The zero-order valence-electron chi connectivity index (χ0n) is 9.13.